The number of aryl methyl sites for hydroxylation is 2. The fourth-order valence-corrected chi connectivity index (χ4v) is 2.72. The van der Waals surface area contributed by atoms with Crippen LogP contribution in [-0.4, -0.2) is 21.2 Å². The monoisotopic (exact) mass is 318 g/mol. The number of hydrogen-bond donors (Lipinski definition) is 2. The fourth-order valence-electron chi connectivity index (χ4n) is 2.46. The molecule has 2 aromatic heterocycles. The highest BCUT2D eigenvalue weighted by Crippen LogP contribution is 2.34. The average molecular weight is 319 g/mol. The van der Waals surface area contributed by atoms with E-state index in [-0.39, 0.29) is 10.9 Å². The van der Waals surface area contributed by atoms with Gasteiger partial charge < -0.3 is 14.6 Å². The summed E-state index contributed by atoms with van der Waals surface area (Å²) in [7, 11) is 0. The molecule has 3 rings (SSSR count). The van der Waals surface area contributed by atoms with Crippen LogP contribution in [0.3, 0.4) is 0 Å². The van der Waals surface area contributed by atoms with Crippen LogP contribution in [-0.2, 0) is 0 Å². The summed E-state index contributed by atoms with van der Waals surface area (Å²) in [4.78, 5) is 26.0. The molecule has 0 bridgehead atoms. The van der Waals surface area contributed by atoms with Gasteiger partial charge in [-0.1, -0.05) is 16.8 Å². The van der Waals surface area contributed by atoms with Gasteiger partial charge in [0.1, 0.15) is 11.3 Å². The van der Waals surface area contributed by atoms with Gasteiger partial charge in [0, 0.05) is 27.7 Å². The number of fused-ring (bicyclic) bond motifs is 1. The van der Waals surface area contributed by atoms with Crippen molar-refractivity contribution in [2.75, 3.05) is 0 Å². The number of aromatic nitrogens is 2. The van der Waals surface area contributed by atoms with Gasteiger partial charge in [0.15, 0.2) is 0 Å². The summed E-state index contributed by atoms with van der Waals surface area (Å²) in [5.74, 6) is -0.669. The molecule has 2 heterocycles. The highest BCUT2D eigenvalue weighted by molar-refractivity contribution is 6.34. The molecule has 0 saturated heterocycles. The van der Waals surface area contributed by atoms with Crippen molar-refractivity contribution in [2.24, 2.45) is 0 Å². The second kappa shape index (κ2) is 4.99. The molecule has 0 amide bonds. The summed E-state index contributed by atoms with van der Waals surface area (Å²) in [6, 6.07) is 3.15. The lowest BCUT2D eigenvalue weighted by Crippen LogP contribution is -2.15. The molecule has 1 aromatic carbocycles. The van der Waals surface area contributed by atoms with E-state index in [2.05, 4.69) is 10.1 Å². The molecule has 0 spiro atoms. The molecule has 112 valence electrons. The minimum Gasteiger partial charge on any atom is -0.477 e. The summed E-state index contributed by atoms with van der Waals surface area (Å²) in [6.45, 7) is 3.56. The van der Waals surface area contributed by atoms with Crippen molar-refractivity contribution in [3.63, 3.8) is 0 Å². The van der Waals surface area contributed by atoms with Gasteiger partial charge in [-0.3, -0.25) is 4.79 Å². The number of carboxylic acid groups (broad SMARTS) is 1. The first kappa shape index (κ1) is 14.3. The fraction of sp³-hybridized carbons (Fsp3) is 0.133. The number of carbonyl (C=O) groups is 1. The van der Waals surface area contributed by atoms with Gasteiger partial charge in [-0.2, -0.15) is 0 Å². The number of aromatic amines is 1. The van der Waals surface area contributed by atoms with Crippen molar-refractivity contribution < 1.29 is 14.4 Å². The van der Waals surface area contributed by atoms with E-state index in [0.29, 0.717) is 27.6 Å². The molecule has 0 atom stereocenters. The third-order valence-electron chi connectivity index (χ3n) is 3.50. The molecule has 0 saturated carbocycles. The highest BCUT2D eigenvalue weighted by Gasteiger charge is 2.18. The molecule has 0 aliphatic heterocycles. The van der Waals surface area contributed by atoms with E-state index in [1.165, 1.54) is 12.3 Å². The van der Waals surface area contributed by atoms with Crippen molar-refractivity contribution in [3.8, 4) is 11.1 Å². The van der Waals surface area contributed by atoms with E-state index in [4.69, 9.17) is 21.2 Å². The topological polar surface area (TPSA) is 96.2 Å². The minimum absolute atomic E-state index is 0.223. The number of halogens is 1. The van der Waals surface area contributed by atoms with Gasteiger partial charge in [-0.15, -0.1) is 0 Å². The van der Waals surface area contributed by atoms with Gasteiger partial charge in [0.2, 0.25) is 5.43 Å². The predicted octanol–water partition coefficient (Wildman–Crippen LogP) is 3.15. The smallest absolute Gasteiger partial charge is 0.341 e. The largest absolute Gasteiger partial charge is 0.477 e. The number of rotatable bonds is 2. The molecule has 0 radical (unpaired) electrons. The van der Waals surface area contributed by atoms with Crippen molar-refractivity contribution in [2.45, 2.75) is 13.8 Å². The summed E-state index contributed by atoms with van der Waals surface area (Å²) >= 11 is 6.27. The molecule has 22 heavy (non-hydrogen) atoms. The number of nitrogens with one attached hydrogen (secondary N) is 1. The minimum atomic E-state index is -1.28. The van der Waals surface area contributed by atoms with E-state index in [1.54, 1.807) is 19.9 Å². The van der Waals surface area contributed by atoms with Crippen LogP contribution in [0.15, 0.2) is 27.6 Å². The first-order chi connectivity index (χ1) is 10.4. The Morgan fingerprint density at radius 2 is 2.09 bits per heavy atom. The Bertz CT molecular complexity index is 952. The number of carboxylic acids is 1. The van der Waals surface area contributed by atoms with E-state index in [9.17, 15) is 9.59 Å². The molecule has 2 N–H and O–H groups in total. The Labute approximate surface area is 129 Å². The maximum absolute atomic E-state index is 12.2. The lowest BCUT2D eigenvalue weighted by molar-refractivity contribution is 0.0695. The molecule has 0 aliphatic rings. The van der Waals surface area contributed by atoms with Crippen molar-refractivity contribution in [3.05, 3.63) is 50.6 Å². The molecular formula is C15H11ClN2O4. The molecule has 3 aromatic rings. The lowest BCUT2D eigenvalue weighted by atomic mass is 10.0. The van der Waals surface area contributed by atoms with Crippen molar-refractivity contribution in [1.29, 1.82) is 0 Å². The number of benzene rings is 1. The molecular weight excluding hydrogens is 308 g/mol. The van der Waals surface area contributed by atoms with Crippen molar-refractivity contribution in [1.82, 2.24) is 10.1 Å². The number of hydrogen-bond acceptors (Lipinski definition) is 4. The lowest BCUT2D eigenvalue weighted by Gasteiger charge is -2.07. The van der Waals surface area contributed by atoms with Gasteiger partial charge in [-0.25, -0.2) is 4.79 Å². The molecule has 0 fully saturated rings. The normalized spacial score (nSPS) is 11.0. The van der Waals surface area contributed by atoms with Crippen LogP contribution in [0.4, 0.5) is 0 Å². The zero-order valence-electron chi connectivity index (χ0n) is 11.7. The number of aromatic carboxylic acids is 1. The van der Waals surface area contributed by atoms with E-state index in [1.807, 2.05) is 0 Å². The Balaban J connectivity index is 2.34. The standard InChI is InChI=1S/C15H11ClN2O4/c1-6-13(7(2)22-18-6)8-4-12-9(3-11(8)16)14(19)10(5-17-12)15(20)21/h3-5H,1-2H3,(H,17,19)(H,20,21). The summed E-state index contributed by atoms with van der Waals surface area (Å²) in [6.07, 6.45) is 1.18. The summed E-state index contributed by atoms with van der Waals surface area (Å²) in [5.41, 5.74) is 1.71. The Kier molecular flexibility index (Phi) is 3.26. The van der Waals surface area contributed by atoms with E-state index in [0.717, 1.165) is 5.56 Å². The second-order valence-electron chi connectivity index (χ2n) is 4.91. The van der Waals surface area contributed by atoms with Gasteiger partial charge in [-0.05, 0) is 26.0 Å². The van der Waals surface area contributed by atoms with E-state index >= 15 is 0 Å². The first-order valence-electron chi connectivity index (χ1n) is 6.41. The molecule has 0 unspecified atom stereocenters. The first-order valence-corrected chi connectivity index (χ1v) is 6.79. The Morgan fingerprint density at radius 3 is 2.68 bits per heavy atom. The third kappa shape index (κ3) is 2.08. The second-order valence-corrected chi connectivity index (χ2v) is 5.32. The number of pyridine rings is 1. The van der Waals surface area contributed by atoms with Crippen LogP contribution in [0.25, 0.3) is 22.0 Å². The van der Waals surface area contributed by atoms with Crippen LogP contribution >= 0.6 is 11.6 Å². The highest BCUT2D eigenvalue weighted by atomic mass is 35.5. The maximum atomic E-state index is 12.2. The van der Waals surface area contributed by atoms with Crippen LogP contribution in [0.1, 0.15) is 21.8 Å². The quantitative estimate of drug-likeness (QED) is 0.756. The van der Waals surface area contributed by atoms with Crippen LogP contribution in [0.2, 0.25) is 5.02 Å². The molecule has 0 aliphatic carbocycles. The van der Waals surface area contributed by atoms with Crippen LogP contribution < -0.4 is 5.43 Å². The number of H-pyrrole nitrogens is 1. The van der Waals surface area contributed by atoms with Gasteiger partial charge in [0.05, 0.1) is 11.2 Å². The van der Waals surface area contributed by atoms with E-state index < -0.39 is 11.4 Å². The van der Waals surface area contributed by atoms with Gasteiger partial charge >= 0.3 is 5.97 Å². The zero-order valence-corrected chi connectivity index (χ0v) is 12.5. The Hall–Kier alpha value is -2.60. The average Bonchev–Trinajstić information content (AvgIpc) is 2.78. The van der Waals surface area contributed by atoms with Crippen LogP contribution in [0.5, 0.6) is 0 Å². The summed E-state index contributed by atoms with van der Waals surface area (Å²) in [5, 5.41) is 13.4. The maximum Gasteiger partial charge on any atom is 0.341 e. The predicted molar refractivity (Wildman–Crippen MR) is 81.5 cm³/mol. The van der Waals surface area contributed by atoms with Gasteiger partial charge in [0.25, 0.3) is 0 Å². The SMILES string of the molecule is Cc1noc(C)c1-c1cc2[nH]cc(C(=O)O)c(=O)c2cc1Cl. The van der Waals surface area contributed by atoms with Crippen molar-refractivity contribution >= 4 is 28.5 Å². The molecule has 6 nitrogen and oxygen atoms in total. The summed E-state index contributed by atoms with van der Waals surface area (Å²) < 4.78 is 5.13. The molecule has 7 heteroatoms. The zero-order chi connectivity index (χ0) is 16.0. The number of nitrogens with zero attached hydrogens (tertiary/aromatic N) is 1. The van der Waals surface area contributed by atoms with Crippen LogP contribution in [0, 0.1) is 13.8 Å². The third-order valence-corrected chi connectivity index (χ3v) is 3.81. The Morgan fingerprint density at radius 1 is 1.36 bits per heavy atom.